The second kappa shape index (κ2) is 11.0. The van der Waals surface area contributed by atoms with Gasteiger partial charge in [-0.2, -0.15) is 0 Å². The average molecular weight is 412 g/mol. The molecule has 0 N–H and O–H groups in total. The molecule has 1 aromatic rings. The van der Waals surface area contributed by atoms with Gasteiger partial charge in [-0.3, -0.25) is 14.5 Å². The van der Waals surface area contributed by atoms with E-state index in [1.165, 1.54) is 10.8 Å². The molecule has 0 aliphatic carbocycles. The van der Waals surface area contributed by atoms with Gasteiger partial charge in [-0.15, -0.1) is 11.7 Å². The van der Waals surface area contributed by atoms with Crippen molar-refractivity contribution in [1.82, 2.24) is 9.88 Å². The fourth-order valence-corrected chi connectivity index (χ4v) is 3.33. The topological polar surface area (TPSA) is 62.7 Å². The highest BCUT2D eigenvalue weighted by Gasteiger charge is 2.19. The maximum Gasteiger partial charge on any atom is 0.171 e. The molecule has 1 saturated heterocycles. The van der Waals surface area contributed by atoms with E-state index in [0.717, 1.165) is 38.5 Å². The highest BCUT2D eigenvalue weighted by molar-refractivity contribution is 8.69. The average Bonchev–Trinajstić information content (AvgIpc) is 2.70. The zero-order valence-electron chi connectivity index (χ0n) is 16.3. The van der Waals surface area contributed by atoms with Crippen molar-refractivity contribution in [3.05, 3.63) is 23.9 Å². The second-order valence-corrected chi connectivity index (χ2v) is 8.57. The Morgan fingerprint density at radius 1 is 1.22 bits per heavy atom. The van der Waals surface area contributed by atoms with E-state index in [1.807, 2.05) is 32.9 Å². The Bertz CT molecular complexity index is 617. The molecule has 27 heavy (non-hydrogen) atoms. The number of carbonyl (C=O) groups is 2. The highest BCUT2D eigenvalue weighted by atomic mass is 33.1. The summed E-state index contributed by atoms with van der Waals surface area (Å²) in [6, 6.07) is 3.80. The Hall–Kier alpha value is -1.09. The van der Waals surface area contributed by atoms with Gasteiger partial charge in [0.05, 0.1) is 11.9 Å². The number of hydrogen-bond acceptors (Lipinski definition) is 8. The number of nitrogens with zero attached hydrogens (tertiary/aromatic N) is 3. The molecule has 0 saturated carbocycles. The van der Waals surface area contributed by atoms with Gasteiger partial charge in [0, 0.05) is 50.4 Å². The maximum absolute atomic E-state index is 12.0. The van der Waals surface area contributed by atoms with Gasteiger partial charge in [-0.1, -0.05) is 24.6 Å². The van der Waals surface area contributed by atoms with Gasteiger partial charge in [0.25, 0.3) is 0 Å². The zero-order valence-corrected chi connectivity index (χ0v) is 18.0. The van der Waals surface area contributed by atoms with E-state index in [0.29, 0.717) is 12.2 Å². The number of carbonyl (C=O) groups excluding carboxylic acids is 2. The summed E-state index contributed by atoms with van der Waals surface area (Å²) in [6.45, 7) is 10.8. The third-order valence-electron chi connectivity index (χ3n) is 4.66. The number of rotatable bonds is 10. The molecule has 0 aromatic carbocycles. The molecule has 2 rings (SSSR count). The Kier molecular flexibility index (Phi) is 9.08. The van der Waals surface area contributed by atoms with Crippen molar-refractivity contribution in [2.24, 2.45) is 5.92 Å². The first kappa shape index (κ1) is 22.2. The minimum atomic E-state index is -0.133. The molecule has 0 spiro atoms. The van der Waals surface area contributed by atoms with Crippen molar-refractivity contribution in [2.45, 2.75) is 26.0 Å². The number of thiol groups is 1. The van der Waals surface area contributed by atoms with Crippen LogP contribution in [0, 0.1) is 5.92 Å². The number of aromatic nitrogens is 1. The molecule has 150 valence electrons. The molecule has 0 amide bonds. The van der Waals surface area contributed by atoms with E-state index in [9.17, 15) is 9.59 Å². The molecule has 1 fully saturated rings. The molecular formula is C19H29N3O3S2. The van der Waals surface area contributed by atoms with Crippen molar-refractivity contribution in [2.75, 3.05) is 50.8 Å². The Morgan fingerprint density at radius 3 is 2.48 bits per heavy atom. The fraction of sp³-hybridized carbons (Fsp3) is 0.632. The first-order chi connectivity index (χ1) is 12.9. The molecule has 2 heterocycles. The number of ketones is 2. The Morgan fingerprint density at radius 2 is 1.93 bits per heavy atom. The van der Waals surface area contributed by atoms with Crippen LogP contribution < -0.4 is 4.90 Å². The Balaban J connectivity index is 1.71. The number of Topliss-reactive ketones (excluding diaryl/α,β-unsaturated/α-hetero) is 2. The minimum Gasteiger partial charge on any atom is -0.372 e. The van der Waals surface area contributed by atoms with Crippen LogP contribution in [-0.2, 0) is 9.53 Å². The van der Waals surface area contributed by atoms with Gasteiger partial charge in [-0.05, 0) is 19.1 Å². The third kappa shape index (κ3) is 6.78. The van der Waals surface area contributed by atoms with Crippen molar-refractivity contribution >= 4 is 39.8 Å². The summed E-state index contributed by atoms with van der Waals surface area (Å²) in [5, 5.41) is -0.133. The van der Waals surface area contributed by atoms with Crippen molar-refractivity contribution < 1.29 is 14.3 Å². The van der Waals surface area contributed by atoms with E-state index in [1.54, 1.807) is 6.20 Å². The van der Waals surface area contributed by atoms with E-state index < -0.39 is 0 Å². The molecule has 1 aliphatic heterocycles. The third-order valence-corrected chi connectivity index (χ3v) is 6.19. The lowest BCUT2D eigenvalue weighted by Crippen LogP contribution is -2.47. The first-order valence-corrected chi connectivity index (χ1v) is 11.2. The molecule has 6 nitrogen and oxygen atoms in total. The highest BCUT2D eigenvalue weighted by Crippen LogP contribution is 2.16. The number of piperazine rings is 1. The lowest BCUT2D eigenvalue weighted by molar-refractivity contribution is -0.122. The van der Waals surface area contributed by atoms with Crippen LogP contribution in [-0.4, -0.2) is 72.6 Å². The monoisotopic (exact) mass is 411 g/mol. The molecule has 1 unspecified atom stereocenters. The van der Waals surface area contributed by atoms with Crippen LogP contribution in [0.1, 0.15) is 31.1 Å². The van der Waals surface area contributed by atoms with Crippen LogP contribution >= 0.6 is 22.5 Å². The van der Waals surface area contributed by atoms with Gasteiger partial charge < -0.3 is 9.64 Å². The smallest absolute Gasteiger partial charge is 0.171 e. The van der Waals surface area contributed by atoms with Crippen LogP contribution in [0.3, 0.4) is 0 Å². The van der Waals surface area contributed by atoms with Gasteiger partial charge in [-0.25, -0.2) is 4.98 Å². The van der Waals surface area contributed by atoms with E-state index in [-0.39, 0.29) is 29.3 Å². The number of pyridine rings is 1. The molecule has 1 aromatic heterocycles. The zero-order chi connectivity index (χ0) is 19.8. The van der Waals surface area contributed by atoms with Crippen LogP contribution in [0.4, 0.5) is 5.82 Å². The molecule has 0 bridgehead atoms. The largest absolute Gasteiger partial charge is 0.372 e. The van der Waals surface area contributed by atoms with Gasteiger partial charge in [0.1, 0.15) is 12.4 Å². The summed E-state index contributed by atoms with van der Waals surface area (Å²) in [4.78, 5) is 32.7. The van der Waals surface area contributed by atoms with E-state index in [2.05, 4.69) is 26.4 Å². The van der Waals surface area contributed by atoms with Gasteiger partial charge in [0.2, 0.25) is 0 Å². The number of anilines is 1. The lowest BCUT2D eigenvalue weighted by atomic mass is 10.0. The van der Waals surface area contributed by atoms with Gasteiger partial charge >= 0.3 is 0 Å². The van der Waals surface area contributed by atoms with Crippen molar-refractivity contribution in [3.8, 4) is 0 Å². The van der Waals surface area contributed by atoms with Crippen molar-refractivity contribution in [1.29, 1.82) is 0 Å². The molecular weight excluding hydrogens is 382 g/mol. The fourth-order valence-electron chi connectivity index (χ4n) is 2.80. The summed E-state index contributed by atoms with van der Waals surface area (Å²) < 4.78 is 5.49. The molecule has 1 aliphatic rings. The Labute approximate surface area is 170 Å². The molecule has 0 radical (unpaired) electrons. The number of hydrogen-bond donors (Lipinski definition) is 1. The lowest BCUT2D eigenvalue weighted by Gasteiger charge is -2.35. The minimum absolute atomic E-state index is 0.0152. The first-order valence-electron chi connectivity index (χ1n) is 9.30. The van der Waals surface area contributed by atoms with Crippen LogP contribution in [0.2, 0.25) is 0 Å². The SMILES string of the molecule is CC(C)C(=O)c1ccc(N2CCN(CCOCC(=O)C(C)SS)CC2)nc1. The predicted molar refractivity (Wildman–Crippen MR) is 114 cm³/mol. The number of ether oxygens (including phenoxy) is 1. The van der Waals surface area contributed by atoms with Gasteiger partial charge in [0.15, 0.2) is 11.6 Å². The van der Waals surface area contributed by atoms with Crippen LogP contribution in [0.15, 0.2) is 18.3 Å². The summed E-state index contributed by atoms with van der Waals surface area (Å²) in [7, 11) is 1.25. The molecule has 8 heteroatoms. The summed E-state index contributed by atoms with van der Waals surface area (Å²) in [5.41, 5.74) is 0.671. The summed E-state index contributed by atoms with van der Waals surface area (Å²) in [5.74, 6) is 1.10. The quantitative estimate of drug-likeness (QED) is 0.275. The summed E-state index contributed by atoms with van der Waals surface area (Å²) >= 11 is 4.05. The normalized spacial score (nSPS) is 16.6. The molecule has 1 atom stereocenters. The predicted octanol–water partition coefficient (Wildman–Crippen LogP) is 2.59. The maximum atomic E-state index is 12.0. The second-order valence-electron chi connectivity index (χ2n) is 7.02. The van der Waals surface area contributed by atoms with E-state index in [4.69, 9.17) is 4.74 Å². The standard InChI is InChI=1S/C19H29N3O3S2/c1-14(2)19(24)16-4-5-18(20-12-16)22-8-6-21(7-9-22)10-11-25-13-17(23)15(3)27-26/h4-5,12,14-15,26H,6-11,13H2,1-3H3. The van der Waals surface area contributed by atoms with E-state index >= 15 is 0 Å². The summed E-state index contributed by atoms with van der Waals surface area (Å²) in [6.07, 6.45) is 1.68. The van der Waals surface area contributed by atoms with Crippen LogP contribution in [0.5, 0.6) is 0 Å². The van der Waals surface area contributed by atoms with Crippen LogP contribution in [0.25, 0.3) is 0 Å². The van der Waals surface area contributed by atoms with Crippen molar-refractivity contribution in [3.63, 3.8) is 0 Å².